The quantitative estimate of drug-likeness (QED) is 0.771. The van der Waals surface area contributed by atoms with E-state index in [1.807, 2.05) is 0 Å². The number of aromatic nitrogens is 2. The Morgan fingerprint density at radius 2 is 2.28 bits per heavy atom. The molecular weight excluding hydrogens is 235 g/mol. The van der Waals surface area contributed by atoms with E-state index < -0.39 is 0 Å². The number of nitrogens with zero attached hydrogens (tertiary/aromatic N) is 1. The van der Waals surface area contributed by atoms with E-state index in [1.54, 1.807) is 19.1 Å². The first-order valence-electron chi connectivity index (χ1n) is 5.43. The number of carbonyl (C=O) groups excluding carboxylic acids is 1. The second-order valence-electron chi connectivity index (χ2n) is 3.96. The van der Waals surface area contributed by atoms with Crippen LogP contribution in [0, 0.1) is 5.82 Å². The Bertz CT molecular complexity index is 567. The van der Waals surface area contributed by atoms with Gasteiger partial charge in [0.15, 0.2) is 0 Å². The zero-order chi connectivity index (χ0) is 13.1. The Labute approximate surface area is 103 Å². The molecule has 1 heterocycles. The third kappa shape index (κ3) is 2.65. The van der Waals surface area contributed by atoms with Crippen molar-refractivity contribution in [3.05, 3.63) is 47.4 Å². The summed E-state index contributed by atoms with van der Waals surface area (Å²) in [5.41, 5.74) is 6.37. The van der Waals surface area contributed by atoms with Crippen molar-refractivity contribution in [2.24, 2.45) is 0 Å². The molecule has 18 heavy (non-hydrogen) atoms. The average Bonchev–Trinajstić information content (AvgIpc) is 2.76. The highest BCUT2D eigenvalue weighted by molar-refractivity contribution is 5.93. The number of halogens is 1. The molecule has 0 fully saturated rings. The number of anilines is 1. The number of aromatic amines is 1. The van der Waals surface area contributed by atoms with Crippen LogP contribution in [0.3, 0.4) is 0 Å². The molecule has 0 bridgehead atoms. The van der Waals surface area contributed by atoms with Crippen LogP contribution in [0.25, 0.3) is 0 Å². The van der Waals surface area contributed by atoms with Gasteiger partial charge in [-0.1, -0.05) is 12.1 Å². The van der Waals surface area contributed by atoms with Crippen LogP contribution in [0.2, 0.25) is 0 Å². The van der Waals surface area contributed by atoms with Gasteiger partial charge in [0.2, 0.25) is 0 Å². The van der Waals surface area contributed by atoms with Gasteiger partial charge >= 0.3 is 0 Å². The minimum atomic E-state index is -0.337. The van der Waals surface area contributed by atoms with Crippen LogP contribution in [0.5, 0.6) is 0 Å². The van der Waals surface area contributed by atoms with Gasteiger partial charge in [-0.25, -0.2) is 4.39 Å². The summed E-state index contributed by atoms with van der Waals surface area (Å²) >= 11 is 0. The van der Waals surface area contributed by atoms with E-state index in [9.17, 15) is 9.18 Å². The van der Waals surface area contributed by atoms with Crippen molar-refractivity contribution in [3.63, 3.8) is 0 Å². The van der Waals surface area contributed by atoms with Crippen molar-refractivity contribution in [2.45, 2.75) is 13.0 Å². The summed E-state index contributed by atoms with van der Waals surface area (Å²) in [5.74, 6) is -0.422. The summed E-state index contributed by atoms with van der Waals surface area (Å²) in [7, 11) is 0. The van der Waals surface area contributed by atoms with Gasteiger partial charge in [-0.05, 0) is 24.6 Å². The summed E-state index contributed by atoms with van der Waals surface area (Å²) in [6, 6.07) is 7.21. The van der Waals surface area contributed by atoms with E-state index in [0.717, 1.165) is 0 Å². The molecule has 2 aromatic rings. The van der Waals surface area contributed by atoms with Gasteiger partial charge in [-0.2, -0.15) is 5.10 Å². The molecule has 1 aromatic heterocycles. The number of benzene rings is 1. The fraction of sp³-hybridized carbons (Fsp3) is 0.167. The number of rotatable bonds is 3. The number of H-pyrrole nitrogens is 1. The lowest BCUT2D eigenvalue weighted by Crippen LogP contribution is -2.27. The number of carbonyl (C=O) groups is 1. The van der Waals surface area contributed by atoms with Crippen molar-refractivity contribution in [3.8, 4) is 0 Å². The first-order valence-corrected chi connectivity index (χ1v) is 5.43. The molecule has 0 saturated carbocycles. The van der Waals surface area contributed by atoms with Crippen LogP contribution in [0.4, 0.5) is 10.2 Å². The smallest absolute Gasteiger partial charge is 0.269 e. The lowest BCUT2D eigenvalue weighted by atomic mass is 10.1. The van der Waals surface area contributed by atoms with Gasteiger partial charge in [-0.15, -0.1) is 0 Å². The molecule has 5 nitrogen and oxygen atoms in total. The molecule has 4 N–H and O–H groups in total. The Kier molecular flexibility index (Phi) is 3.27. The number of nitrogens with two attached hydrogens (primary N) is 1. The minimum Gasteiger partial charge on any atom is -0.382 e. The Balaban J connectivity index is 2.07. The molecule has 1 aromatic carbocycles. The number of nitrogens with one attached hydrogen (secondary N) is 2. The molecule has 1 unspecified atom stereocenters. The highest BCUT2D eigenvalue weighted by Crippen LogP contribution is 2.14. The van der Waals surface area contributed by atoms with Gasteiger partial charge in [0.05, 0.1) is 6.04 Å². The van der Waals surface area contributed by atoms with E-state index in [1.165, 1.54) is 18.2 Å². The third-order valence-electron chi connectivity index (χ3n) is 2.54. The van der Waals surface area contributed by atoms with Crippen molar-refractivity contribution in [1.29, 1.82) is 0 Å². The van der Waals surface area contributed by atoms with Crippen molar-refractivity contribution in [2.75, 3.05) is 5.73 Å². The monoisotopic (exact) mass is 248 g/mol. The SMILES string of the molecule is CC(NC(=O)c1cc(N)n[nH]1)c1cccc(F)c1. The fourth-order valence-electron chi connectivity index (χ4n) is 1.59. The summed E-state index contributed by atoms with van der Waals surface area (Å²) in [4.78, 5) is 11.8. The van der Waals surface area contributed by atoms with Crippen molar-refractivity contribution < 1.29 is 9.18 Å². The summed E-state index contributed by atoms with van der Waals surface area (Å²) in [6.45, 7) is 1.77. The van der Waals surface area contributed by atoms with Crippen LogP contribution in [-0.4, -0.2) is 16.1 Å². The molecule has 0 spiro atoms. The van der Waals surface area contributed by atoms with Crippen LogP contribution in [0.1, 0.15) is 29.0 Å². The molecule has 1 amide bonds. The summed E-state index contributed by atoms with van der Waals surface area (Å²) < 4.78 is 13.0. The maximum atomic E-state index is 13.0. The largest absolute Gasteiger partial charge is 0.382 e. The van der Waals surface area contributed by atoms with Crippen LogP contribution in [0.15, 0.2) is 30.3 Å². The normalized spacial score (nSPS) is 12.1. The first-order chi connectivity index (χ1) is 8.56. The third-order valence-corrected chi connectivity index (χ3v) is 2.54. The minimum absolute atomic E-state index is 0.249. The van der Waals surface area contributed by atoms with E-state index in [-0.39, 0.29) is 29.3 Å². The molecule has 0 aliphatic rings. The predicted molar refractivity (Wildman–Crippen MR) is 65.3 cm³/mol. The van der Waals surface area contributed by atoms with Crippen LogP contribution >= 0.6 is 0 Å². The molecular formula is C12H13FN4O. The Morgan fingerprint density at radius 3 is 2.89 bits per heavy atom. The molecule has 1 atom stereocenters. The van der Waals surface area contributed by atoms with Gasteiger partial charge in [-0.3, -0.25) is 9.89 Å². The Morgan fingerprint density at radius 1 is 1.50 bits per heavy atom. The average molecular weight is 248 g/mol. The molecule has 0 aliphatic heterocycles. The number of nitrogen functional groups attached to an aromatic ring is 1. The van der Waals surface area contributed by atoms with Crippen LogP contribution in [-0.2, 0) is 0 Å². The van der Waals surface area contributed by atoms with Crippen molar-refractivity contribution in [1.82, 2.24) is 15.5 Å². The molecule has 0 saturated heterocycles. The highest BCUT2D eigenvalue weighted by atomic mass is 19.1. The highest BCUT2D eigenvalue weighted by Gasteiger charge is 2.13. The fourth-order valence-corrected chi connectivity index (χ4v) is 1.59. The van der Waals surface area contributed by atoms with Gasteiger partial charge in [0.1, 0.15) is 17.3 Å². The molecule has 0 radical (unpaired) electrons. The van der Waals surface area contributed by atoms with E-state index in [0.29, 0.717) is 5.56 Å². The number of hydrogen-bond donors (Lipinski definition) is 3. The molecule has 94 valence electrons. The lowest BCUT2D eigenvalue weighted by molar-refractivity contribution is 0.0934. The topological polar surface area (TPSA) is 83.8 Å². The van der Waals surface area contributed by atoms with Crippen LogP contribution < -0.4 is 11.1 Å². The lowest BCUT2D eigenvalue weighted by Gasteiger charge is -2.13. The second kappa shape index (κ2) is 4.87. The van der Waals surface area contributed by atoms with Crippen molar-refractivity contribution >= 4 is 11.7 Å². The van der Waals surface area contributed by atoms with E-state index in [4.69, 9.17) is 5.73 Å². The Hall–Kier alpha value is -2.37. The number of amides is 1. The summed E-state index contributed by atoms with van der Waals surface area (Å²) in [5, 5.41) is 8.90. The zero-order valence-corrected chi connectivity index (χ0v) is 9.77. The maximum absolute atomic E-state index is 13.0. The van der Waals surface area contributed by atoms with Gasteiger partial charge in [0, 0.05) is 6.07 Å². The van der Waals surface area contributed by atoms with Gasteiger partial charge < -0.3 is 11.1 Å². The maximum Gasteiger partial charge on any atom is 0.269 e. The standard InChI is InChI=1S/C12H13FN4O/c1-7(8-3-2-4-9(13)5-8)15-12(18)10-6-11(14)17-16-10/h2-7H,1H3,(H,15,18)(H3,14,16,17). The van der Waals surface area contributed by atoms with Gasteiger partial charge in [0.25, 0.3) is 5.91 Å². The second-order valence-corrected chi connectivity index (χ2v) is 3.96. The summed E-state index contributed by atoms with van der Waals surface area (Å²) in [6.07, 6.45) is 0. The molecule has 6 heteroatoms. The molecule has 2 rings (SSSR count). The van der Waals surface area contributed by atoms with E-state index >= 15 is 0 Å². The zero-order valence-electron chi connectivity index (χ0n) is 9.77. The number of hydrogen-bond acceptors (Lipinski definition) is 3. The van der Waals surface area contributed by atoms with E-state index in [2.05, 4.69) is 15.5 Å². The molecule has 0 aliphatic carbocycles. The first kappa shape index (κ1) is 12.1. The predicted octanol–water partition coefficient (Wildman–Crippen LogP) is 1.62.